The fraction of sp³-hybridized carbons (Fsp3) is 0.364. The Hall–Kier alpha value is -3.27. The standard InChI is InChI=1S/C22H26F3N5O2/c23-22(24,25)32-19-8-6-18(7-9-19)29-21(27)28-12-15-3-1-4-16(11-15)13-30-10-2-5-17(14-30)20(26)31/h1,3-4,6-9,11,17H,2,5,10,12-14H2,(H2,26,31)(H3,27,28,29). The molecular weight excluding hydrogens is 423 g/mol. The van der Waals surface area contributed by atoms with E-state index < -0.39 is 6.36 Å². The highest BCUT2D eigenvalue weighted by Crippen LogP contribution is 2.24. The van der Waals surface area contributed by atoms with E-state index in [9.17, 15) is 18.0 Å². The molecule has 0 spiro atoms. The number of halogens is 3. The van der Waals surface area contributed by atoms with Gasteiger partial charge in [-0.1, -0.05) is 24.3 Å². The minimum Gasteiger partial charge on any atom is -0.406 e. The lowest BCUT2D eigenvalue weighted by molar-refractivity contribution is -0.274. The maximum Gasteiger partial charge on any atom is 0.573 e. The summed E-state index contributed by atoms with van der Waals surface area (Å²) >= 11 is 0. The first-order chi connectivity index (χ1) is 15.2. The molecular formula is C22H26F3N5O2. The Morgan fingerprint density at radius 1 is 1.16 bits per heavy atom. The number of hydrogen-bond donors (Lipinski definition) is 3. The number of primary amides is 1. The van der Waals surface area contributed by atoms with Gasteiger partial charge in [-0.15, -0.1) is 13.2 Å². The van der Waals surface area contributed by atoms with E-state index in [1.54, 1.807) is 0 Å². The Morgan fingerprint density at radius 3 is 2.56 bits per heavy atom. The number of rotatable bonds is 7. The third-order valence-electron chi connectivity index (χ3n) is 5.10. The van der Waals surface area contributed by atoms with Crippen molar-refractivity contribution in [3.8, 4) is 5.75 Å². The molecule has 1 heterocycles. The molecule has 1 aliphatic heterocycles. The van der Waals surface area contributed by atoms with Crippen molar-refractivity contribution in [3.63, 3.8) is 0 Å². The number of anilines is 1. The van der Waals surface area contributed by atoms with Gasteiger partial charge in [0.25, 0.3) is 0 Å². The first kappa shape index (κ1) is 23.4. The van der Waals surface area contributed by atoms with Crippen molar-refractivity contribution in [2.45, 2.75) is 32.3 Å². The predicted octanol–water partition coefficient (Wildman–Crippen LogP) is 3.21. The maximum atomic E-state index is 12.2. The highest BCUT2D eigenvalue weighted by Gasteiger charge is 2.31. The number of alkyl halides is 3. The number of nitrogens with zero attached hydrogens (tertiary/aromatic N) is 2. The van der Waals surface area contributed by atoms with E-state index in [0.717, 1.165) is 37.1 Å². The number of amides is 1. The molecule has 1 aliphatic rings. The summed E-state index contributed by atoms with van der Waals surface area (Å²) in [6.07, 6.45) is -2.95. The molecule has 0 aromatic heterocycles. The van der Waals surface area contributed by atoms with Gasteiger partial charge in [0.05, 0.1) is 12.5 Å². The van der Waals surface area contributed by atoms with Crippen LogP contribution in [0.15, 0.2) is 53.5 Å². The topological polar surface area (TPSA) is 106 Å². The lowest BCUT2D eigenvalue weighted by Gasteiger charge is -2.31. The molecule has 2 aromatic rings. The molecule has 1 amide bonds. The number of nitrogens with one attached hydrogen (secondary N) is 1. The number of aliphatic imine (C=N–C) groups is 1. The Bertz CT molecular complexity index is 947. The Balaban J connectivity index is 1.54. The number of carbonyl (C=O) groups excluding carboxylic acids is 1. The van der Waals surface area contributed by atoms with Crippen LogP contribution < -0.4 is 21.5 Å². The molecule has 0 radical (unpaired) electrons. The smallest absolute Gasteiger partial charge is 0.406 e. The number of piperidine rings is 1. The summed E-state index contributed by atoms with van der Waals surface area (Å²) in [5, 5.41) is 2.84. The third-order valence-corrected chi connectivity index (χ3v) is 5.10. The summed E-state index contributed by atoms with van der Waals surface area (Å²) in [5.74, 6) is -0.522. The number of guanidine groups is 1. The molecule has 0 aliphatic carbocycles. The lowest BCUT2D eigenvalue weighted by Crippen LogP contribution is -2.40. The molecule has 1 unspecified atom stereocenters. The summed E-state index contributed by atoms with van der Waals surface area (Å²) in [5.41, 5.74) is 13.9. The van der Waals surface area contributed by atoms with E-state index in [1.807, 2.05) is 24.3 Å². The van der Waals surface area contributed by atoms with E-state index in [1.165, 1.54) is 24.3 Å². The van der Waals surface area contributed by atoms with Crippen molar-refractivity contribution in [3.05, 3.63) is 59.7 Å². The summed E-state index contributed by atoms with van der Waals surface area (Å²) in [6, 6.07) is 13.2. The molecule has 32 heavy (non-hydrogen) atoms. The monoisotopic (exact) mass is 449 g/mol. The molecule has 10 heteroatoms. The van der Waals surface area contributed by atoms with Crippen molar-refractivity contribution < 1.29 is 22.7 Å². The van der Waals surface area contributed by atoms with Gasteiger partial charge in [0, 0.05) is 18.8 Å². The van der Waals surface area contributed by atoms with Gasteiger partial charge in [0.15, 0.2) is 5.96 Å². The fourth-order valence-corrected chi connectivity index (χ4v) is 3.62. The third kappa shape index (κ3) is 7.45. The second-order valence-corrected chi connectivity index (χ2v) is 7.70. The van der Waals surface area contributed by atoms with E-state index >= 15 is 0 Å². The predicted molar refractivity (Wildman–Crippen MR) is 116 cm³/mol. The SMILES string of the molecule is NC(=O)C1CCCN(Cc2cccc(CN=C(N)Nc3ccc(OC(F)(F)F)cc3)c2)C1. The van der Waals surface area contributed by atoms with E-state index in [4.69, 9.17) is 11.5 Å². The van der Waals surface area contributed by atoms with Crippen molar-refractivity contribution in [1.82, 2.24) is 4.90 Å². The Kier molecular flexibility index (Phi) is 7.57. The zero-order chi connectivity index (χ0) is 23.1. The zero-order valence-corrected chi connectivity index (χ0v) is 17.4. The number of benzene rings is 2. The van der Waals surface area contributed by atoms with E-state index in [0.29, 0.717) is 18.8 Å². The average Bonchev–Trinajstić information content (AvgIpc) is 2.73. The van der Waals surface area contributed by atoms with Crippen molar-refractivity contribution in [2.24, 2.45) is 22.4 Å². The molecule has 5 N–H and O–H groups in total. The first-order valence-corrected chi connectivity index (χ1v) is 10.2. The van der Waals surface area contributed by atoms with Gasteiger partial charge in [0.1, 0.15) is 5.75 Å². The molecule has 0 saturated carbocycles. The number of nitrogens with two attached hydrogens (primary N) is 2. The normalized spacial score (nSPS) is 17.7. The zero-order valence-electron chi connectivity index (χ0n) is 17.4. The van der Waals surface area contributed by atoms with Crippen LogP contribution in [0.25, 0.3) is 0 Å². The maximum absolute atomic E-state index is 12.2. The van der Waals surface area contributed by atoms with Gasteiger partial charge in [-0.3, -0.25) is 9.69 Å². The highest BCUT2D eigenvalue weighted by molar-refractivity contribution is 5.92. The molecule has 1 saturated heterocycles. The number of ether oxygens (including phenoxy) is 1. The van der Waals surface area contributed by atoms with Crippen LogP contribution in [0.5, 0.6) is 5.75 Å². The quantitative estimate of drug-likeness (QED) is 0.445. The van der Waals surface area contributed by atoms with Crippen molar-refractivity contribution in [1.29, 1.82) is 0 Å². The van der Waals surface area contributed by atoms with E-state index in [2.05, 4.69) is 19.9 Å². The van der Waals surface area contributed by atoms with Gasteiger partial charge in [-0.25, -0.2) is 4.99 Å². The number of hydrogen-bond acceptors (Lipinski definition) is 4. The van der Waals surface area contributed by atoms with Gasteiger partial charge < -0.3 is 21.5 Å². The van der Waals surface area contributed by atoms with Gasteiger partial charge in [-0.2, -0.15) is 0 Å². The molecule has 3 rings (SSSR count). The number of carbonyl (C=O) groups is 1. The summed E-state index contributed by atoms with van der Waals surface area (Å²) in [6.45, 7) is 2.66. The summed E-state index contributed by atoms with van der Waals surface area (Å²) in [7, 11) is 0. The molecule has 0 bridgehead atoms. The molecule has 172 valence electrons. The van der Waals surface area contributed by atoms with Crippen molar-refractivity contribution >= 4 is 17.6 Å². The molecule has 1 fully saturated rings. The second-order valence-electron chi connectivity index (χ2n) is 7.70. The minimum absolute atomic E-state index is 0.100. The lowest BCUT2D eigenvalue weighted by atomic mass is 9.97. The Labute approximate surface area is 184 Å². The molecule has 2 aromatic carbocycles. The highest BCUT2D eigenvalue weighted by atomic mass is 19.4. The first-order valence-electron chi connectivity index (χ1n) is 10.2. The molecule has 7 nitrogen and oxygen atoms in total. The van der Waals surface area contributed by atoms with Crippen LogP contribution in [0.3, 0.4) is 0 Å². The van der Waals surface area contributed by atoms with Crippen LogP contribution >= 0.6 is 0 Å². The van der Waals surface area contributed by atoms with Crippen molar-refractivity contribution in [2.75, 3.05) is 18.4 Å². The number of likely N-dealkylation sites (tertiary alicyclic amines) is 1. The van der Waals surface area contributed by atoms with Crippen LogP contribution in [0.2, 0.25) is 0 Å². The van der Waals surface area contributed by atoms with Gasteiger partial charge in [-0.05, 0) is 54.8 Å². The summed E-state index contributed by atoms with van der Waals surface area (Å²) < 4.78 is 40.5. The molecule has 1 atom stereocenters. The van der Waals surface area contributed by atoms with Gasteiger partial charge in [0.2, 0.25) is 5.91 Å². The van der Waals surface area contributed by atoms with Crippen LogP contribution in [-0.2, 0) is 17.9 Å². The van der Waals surface area contributed by atoms with Crippen LogP contribution in [0.1, 0.15) is 24.0 Å². The fourth-order valence-electron chi connectivity index (χ4n) is 3.62. The summed E-state index contributed by atoms with van der Waals surface area (Å²) in [4.78, 5) is 18.0. The minimum atomic E-state index is -4.73. The average molecular weight is 449 g/mol. The Morgan fingerprint density at radius 2 is 1.88 bits per heavy atom. The van der Waals surface area contributed by atoms with Crippen LogP contribution in [0.4, 0.5) is 18.9 Å². The van der Waals surface area contributed by atoms with E-state index in [-0.39, 0.29) is 23.5 Å². The van der Waals surface area contributed by atoms with Crippen LogP contribution in [0, 0.1) is 5.92 Å². The van der Waals surface area contributed by atoms with Crippen LogP contribution in [-0.4, -0.2) is 36.2 Å². The largest absolute Gasteiger partial charge is 0.573 e. The van der Waals surface area contributed by atoms with Gasteiger partial charge >= 0.3 is 6.36 Å². The second kappa shape index (κ2) is 10.4.